The van der Waals surface area contributed by atoms with E-state index in [9.17, 15) is 0 Å². The zero-order valence-electron chi connectivity index (χ0n) is 5.52. The van der Waals surface area contributed by atoms with Gasteiger partial charge in [0, 0.05) is 7.11 Å². The van der Waals surface area contributed by atoms with Crippen LogP contribution in [0.3, 0.4) is 0 Å². The molecule has 2 heteroatoms. The van der Waals surface area contributed by atoms with Gasteiger partial charge in [-0.3, -0.25) is 0 Å². The summed E-state index contributed by atoms with van der Waals surface area (Å²) in [6, 6.07) is 0. The van der Waals surface area contributed by atoms with Crippen LogP contribution in [0.15, 0.2) is 0 Å². The lowest BCUT2D eigenvalue weighted by molar-refractivity contribution is 0.429. The summed E-state index contributed by atoms with van der Waals surface area (Å²) < 4.78 is 5.16. The van der Waals surface area contributed by atoms with E-state index in [1.165, 1.54) is 25.7 Å². The van der Waals surface area contributed by atoms with Crippen LogP contribution in [0.1, 0.15) is 25.7 Å². The molecular formula is C6H14OSi. The Hall–Kier alpha value is 0.177. The molecule has 0 aromatic carbocycles. The van der Waals surface area contributed by atoms with E-state index in [1.807, 2.05) is 7.11 Å². The van der Waals surface area contributed by atoms with Gasteiger partial charge in [-0.05, 0) is 5.54 Å². The molecule has 0 heterocycles. The maximum absolute atomic E-state index is 5.16. The average Bonchev–Trinajstić information content (AvgIpc) is 2.19. The first kappa shape index (κ1) is 6.30. The Morgan fingerprint density at radius 3 is 2.50 bits per heavy atom. The zero-order valence-corrected chi connectivity index (χ0v) is 6.94. The number of rotatable bonds is 2. The van der Waals surface area contributed by atoms with Crippen LogP contribution in [0.2, 0.25) is 5.54 Å². The molecule has 0 saturated heterocycles. The molecule has 0 radical (unpaired) electrons. The molecule has 0 aromatic heterocycles. The molecule has 1 aliphatic carbocycles. The van der Waals surface area contributed by atoms with E-state index in [4.69, 9.17) is 4.43 Å². The summed E-state index contributed by atoms with van der Waals surface area (Å²) >= 11 is 0. The predicted molar refractivity (Wildman–Crippen MR) is 37.8 cm³/mol. The third-order valence-electron chi connectivity index (χ3n) is 1.88. The molecule has 1 rings (SSSR count). The molecule has 8 heavy (non-hydrogen) atoms. The van der Waals surface area contributed by atoms with E-state index in [1.54, 1.807) is 0 Å². The van der Waals surface area contributed by atoms with Gasteiger partial charge >= 0.3 is 0 Å². The Kier molecular flexibility index (Phi) is 2.56. The van der Waals surface area contributed by atoms with Gasteiger partial charge in [-0.1, -0.05) is 25.7 Å². The normalized spacial score (nSPS) is 23.6. The van der Waals surface area contributed by atoms with Gasteiger partial charge < -0.3 is 4.43 Å². The fraction of sp³-hybridized carbons (Fsp3) is 1.00. The van der Waals surface area contributed by atoms with Crippen molar-refractivity contribution in [2.75, 3.05) is 7.11 Å². The number of hydrogen-bond donors (Lipinski definition) is 0. The Bertz CT molecular complexity index is 59.5. The molecule has 48 valence electrons. The lowest BCUT2D eigenvalue weighted by Gasteiger charge is -2.02. The van der Waals surface area contributed by atoms with Crippen LogP contribution in [-0.4, -0.2) is 16.9 Å². The van der Waals surface area contributed by atoms with Crippen LogP contribution < -0.4 is 0 Å². The van der Waals surface area contributed by atoms with Gasteiger partial charge in [-0.15, -0.1) is 0 Å². The van der Waals surface area contributed by atoms with Crippen molar-refractivity contribution in [3.63, 3.8) is 0 Å². The first-order valence-electron chi connectivity index (χ1n) is 3.42. The van der Waals surface area contributed by atoms with Gasteiger partial charge in [0.1, 0.15) is 0 Å². The SMILES string of the molecule is CO[SiH2]C1CCCC1. The van der Waals surface area contributed by atoms with Gasteiger partial charge in [0.15, 0.2) is 9.76 Å². The summed E-state index contributed by atoms with van der Waals surface area (Å²) in [5.41, 5.74) is 1.03. The van der Waals surface area contributed by atoms with Crippen molar-refractivity contribution in [3.05, 3.63) is 0 Å². The molecule has 1 fully saturated rings. The highest BCUT2D eigenvalue weighted by Crippen LogP contribution is 2.28. The van der Waals surface area contributed by atoms with E-state index in [0.717, 1.165) is 5.54 Å². The van der Waals surface area contributed by atoms with Crippen molar-refractivity contribution in [2.24, 2.45) is 0 Å². The molecule has 0 amide bonds. The first-order chi connectivity index (χ1) is 3.93. The summed E-state index contributed by atoms with van der Waals surface area (Å²) in [5.74, 6) is 0. The summed E-state index contributed by atoms with van der Waals surface area (Å²) in [6.45, 7) is 0. The molecule has 0 bridgehead atoms. The minimum Gasteiger partial charge on any atom is -0.427 e. The minimum atomic E-state index is -0.102. The van der Waals surface area contributed by atoms with Gasteiger partial charge in [0.2, 0.25) is 0 Å². The fourth-order valence-corrected chi connectivity index (χ4v) is 2.79. The average molecular weight is 130 g/mol. The van der Waals surface area contributed by atoms with E-state index in [0.29, 0.717) is 0 Å². The lowest BCUT2D eigenvalue weighted by atomic mass is 10.4. The van der Waals surface area contributed by atoms with Crippen LogP contribution in [0, 0.1) is 0 Å². The van der Waals surface area contributed by atoms with Gasteiger partial charge in [-0.25, -0.2) is 0 Å². The second kappa shape index (κ2) is 3.25. The second-order valence-electron chi connectivity index (χ2n) is 2.61. The van der Waals surface area contributed by atoms with Crippen LogP contribution in [-0.2, 0) is 4.43 Å². The van der Waals surface area contributed by atoms with Gasteiger partial charge in [0.25, 0.3) is 0 Å². The van der Waals surface area contributed by atoms with Crippen molar-refractivity contribution < 1.29 is 4.43 Å². The van der Waals surface area contributed by atoms with Crippen LogP contribution in [0.4, 0.5) is 0 Å². The van der Waals surface area contributed by atoms with Crippen molar-refractivity contribution in [1.82, 2.24) is 0 Å². The Morgan fingerprint density at radius 2 is 2.00 bits per heavy atom. The van der Waals surface area contributed by atoms with Crippen LogP contribution in [0.25, 0.3) is 0 Å². The molecule has 0 unspecified atom stereocenters. The molecule has 0 N–H and O–H groups in total. The van der Waals surface area contributed by atoms with Crippen molar-refractivity contribution in [1.29, 1.82) is 0 Å². The zero-order chi connectivity index (χ0) is 5.82. The highest BCUT2D eigenvalue weighted by atomic mass is 28.2. The first-order valence-corrected chi connectivity index (χ1v) is 4.82. The summed E-state index contributed by atoms with van der Waals surface area (Å²) in [4.78, 5) is 0. The number of hydrogen-bond acceptors (Lipinski definition) is 1. The summed E-state index contributed by atoms with van der Waals surface area (Å²) in [7, 11) is 1.75. The largest absolute Gasteiger partial charge is 0.427 e. The van der Waals surface area contributed by atoms with Crippen molar-refractivity contribution in [2.45, 2.75) is 31.2 Å². The maximum Gasteiger partial charge on any atom is 0.164 e. The molecular weight excluding hydrogens is 116 g/mol. The van der Waals surface area contributed by atoms with Gasteiger partial charge in [-0.2, -0.15) is 0 Å². The second-order valence-corrected chi connectivity index (χ2v) is 4.67. The molecule has 1 aliphatic rings. The van der Waals surface area contributed by atoms with E-state index in [2.05, 4.69) is 0 Å². The minimum absolute atomic E-state index is 0.102. The Balaban J connectivity index is 2.06. The van der Waals surface area contributed by atoms with Crippen molar-refractivity contribution >= 4 is 9.76 Å². The Morgan fingerprint density at radius 1 is 1.38 bits per heavy atom. The van der Waals surface area contributed by atoms with E-state index in [-0.39, 0.29) is 9.76 Å². The predicted octanol–water partition coefficient (Wildman–Crippen LogP) is 1.08. The lowest BCUT2D eigenvalue weighted by Crippen LogP contribution is -2.00. The van der Waals surface area contributed by atoms with Gasteiger partial charge in [0.05, 0.1) is 0 Å². The van der Waals surface area contributed by atoms with E-state index >= 15 is 0 Å². The van der Waals surface area contributed by atoms with E-state index < -0.39 is 0 Å². The monoisotopic (exact) mass is 130 g/mol. The third-order valence-corrected chi connectivity index (χ3v) is 3.50. The molecule has 1 saturated carbocycles. The topological polar surface area (TPSA) is 9.23 Å². The third kappa shape index (κ3) is 1.60. The highest BCUT2D eigenvalue weighted by Gasteiger charge is 2.14. The molecule has 1 nitrogen and oxygen atoms in total. The quantitative estimate of drug-likeness (QED) is 0.508. The summed E-state index contributed by atoms with van der Waals surface area (Å²) in [6.07, 6.45) is 5.84. The van der Waals surface area contributed by atoms with Crippen molar-refractivity contribution in [3.8, 4) is 0 Å². The molecule has 0 atom stereocenters. The smallest absolute Gasteiger partial charge is 0.164 e. The molecule has 0 aromatic rings. The highest BCUT2D eigenvalue weighted by molar-refractivity contribution is 6.29. The Labute approximate surface area is 53.4 Å². The fourth-order valence-electron chi connectivity index (χ4n) is 1.41. The molecule has 0 spiro atoms. The molecule has 0 aliphatic heterocycles. The maximum atomic E-state index is 5.16. The van der Waals surface area contributed by atoms with Crippen LogP contribution in [0.5, 0.6) is 0 Å². The standard InChI is InChI=1S/C6H14OSi/c1-7-8-6-4-2-3-5-6/h6H,2-5,8H2,1H3. The summed E-state index contributed by atoms with van der Waals surface area (Å²) in [5, 5.41) is 0. The van der Waals surface area contributed by atoms with Crippen LogP contribution >= 0.6 is 0 Å².